The number of carbonyl (C=O) groups is 1. The van der Waals surface area contributed by atoms with Crippen molar-refractivity contribution < 1.29 is 9.53 Å². The van der Waals surface area contributed by atoms with Gasteiger partial charge in [0.05, 0.1) is 0 Å². The van der Waals surface area contributed by atoms with Crippen LogP contribution in [0.1, 0.15) is 24.0 Å². The molecule has 0 aliphatic carbocycles. The van der Waals surface area contributed by atoms with Crippen LogP contribution in [0, 0.1) is 0 Å². The van der Waals surface area contributed by atoms with E-state index < -0.39 is 0 Å². The van der Waals surface area contributed by atoms with Crippen LogP contribution >= 0.6 is 0 Å². The number of fused-ring (bicyclic) bond motifs is 1. The number of anilines is 1. The molecule has 1 saturated heterocycles. The molecule has 1 aromatic carbocycles. The van der Waals surface area contributed by atoms with Crippen LogP contribution in [0.5, 0.6) is 0 Å². The third-order valence-electron chi connectivity index (χ3n) is 3.47. The van der Waals surface area contributed by atoms with Gasteiger partial charge in [0.1, 0.15) is 6.10 Å². The Kier molecular flexibility index (Phi) is 2.52. The first-order chi connectivity index (χ1) is 8.24. The fourth-order valence-electron chi connectivity index (χ4n) is 2.55. The highest BCUT2D eigenvalue weighted by molar-refractivity contribution is 5.81. The van der Waals surface area contributed by atoms with Gasteiger partial charge in [0.2, 0.25) is 0 Å². The molecule has 1 amide bonds. The predicted octanol–water partition coefficient (Wildman–Crippen LogP) is 1.29. The largest absolute Gasteiger partial charge is 0.399 e. The Morgan fingerprint density at radius 3 is 2.94 bits per heavy atom. The van der Waals surface area contributed by atoms with Gasteiger partial charge in [0, 0.05) is 25.4 Å². The quantitative estimate of drug-likeness (QED) is 0.742. The summed E-state index contributed by atoms with van der Waals surface area (Å²) in [5.41, 5.74) is 8.87. The topological polar surface area (TPSA) is 55.6 Å². The molecule has 0 radical (unpaired) electrons. The predicted molar refractivity (Wildman–Crippen MR) is 64.1 cm³/mol. The number of nitrogens with zero attached hydrogens (tertiary/aromatic N) is 1. The number of carbonyl (C=O) groups excluding carboxylic acids is 1. The first-order valence-corrected chi connectivity index (χ1v) is 6.02. The van der Waals surface area contributed by atoms with Crippen molar-refractivity contribution in [2.75, 3.05) is 12.3 Å². The number of amides is 1. The fraction of sp³-hybridized carbons (Fsp3) is 0.462. The van der Waals surface area contributed by atoms with Crippen LogP contribution in [0.2, 0.25) is 0 Å². The molecule has 0 aromatic heterocycles. The summed E-state index contributed by atoms with van der Waals surface area (Å²) in [6, 6.07) is 5.85. The molecule has 2 heterocycles. The molecule has 2 N–H and O–H groups in total. The molecule has 2 aliphatic rings. The zero-order valence-electron chi connectivity index (χ0n) is 9.69. The van der Waals surface area contributed by atoms with E-state index in [2.05, 4.69) is 0 Å². The summed E-state index contributed by atoms with van der Waals surface area (Å²) in [7, 11) is 0. The summed E-state index contributed by atoms with van der Waals surface area (Å²) < 4.78 is 5.43. The molecule has 1 fully saturated rings. The van der Waals surface area contributed by atoms with E-state index in [-0.39, 0.29) is 12.0 Å². The average Bonchev–Trinajstić information content (AvgIpc) is 2.96. The lowest BCUT2D eigenvalue weighted by Gasteiger charge is -2.19. The lowest BCUT2D eigenvalue weighted by molar-refractivity contribution is -0.141. The Labute approximate surface area is 100 Å². The molecule has 90 valence electrons. The van der Waals surface area contributed by atoms with Gasteiger partial charge >= 0.3 is 0 Å². The van der Waals surface area contributed by atoms with E-state index in [0.717, 1.165) is 24.1 Å². The number of hydrogen-bond donors (Lipinski definition) is 1. The molecule has 4 heteroatoms. The Hall–Kier alpha value is -1.55. The second kappa shape index (κ2) is 4.04. The first kappa shape index (κ1) is 10.6. The monoisotopic (exact) mass is 232 g/mol. The maximum Gasteiger partial charge on any atom is 0.252 e. The van der Waals surface area contributed by atoms with Crippen LogP contribution < -0.4 is 5.73 Å². The average molecular weight is 232 g/mol. The molecular weight excluding hydrogens is 216 g/mol. The van der Waals surface area contributed by atoms with Crippen LogP contribution in [0.25, 0.3) is 0 Å². The molecule has 17 heavy (non-hydrogen) atoms. The summed E-state index contributed by atoms with van der Waals surface area (Å²) in [6.07, 6.45) is 1.62. The van der Waals surface area contributed by atoms with Crippen molar-refractivity contribution in [2.45, 2.75) is 32.0 Å². The van der Waals surface area contributed by atoms with Gasteiger partial charge in [0.25, 0.3) is 5.91 Å². The molecule has 0 bridgehead atoms. The molecule has 1 atom stereocenters. The third kappa shape index (κ3) is 1.89. The summed E-state index contributed by atoms with van der Waals surface area (Å²) in [5, 5.41) is 0. The van der Waals surface area contributed by atoms with Crippen LogP contribution in [0.3, 0.4) is 0 Å². The molecule has 1 aromatic rings. The second-order valence-corrected chi connectivity index (χ2v) is 4.72. The maximum atomic E-state index is 12.2. The molecule has 4 nitrogen and oxygen atoms in total. The Morgan fingerprint density at radius 1 is 1.35 bits per heavy atom. The number of hydrogen-bond acceptors (Lipinski definition) is 3. The zero-order valence-corrected chi connectivity index (χ0v) is 9.69. The SMILES string of the molecule is Nc1ccc2c(c1)CN(C(=O)C1CCCO1)C2. The highest BCUT2D eigenvalue weighted by Crippen LogP contribution is 2.26. The number of rotatable bonds is 1. The number of nitrogens with two attached hydrogens (primary N) is 1. The van der Waals surface area contributed by atoms with Gasteiger partial charge < -0.3 is 15.4 Å². The van der Waals surface area contributed by atoms with Crippen LogP contribution in [0.15, 0.2) is 18.2 Å². The normalized spacial score (nSPS) is 22.8. The van der Waals surface area contributed by atoms with Crippen molar-refractivity contribution in [3.05, 3.63) is 29.3 Å². The Bertz CT molecular complexity index is 453. The summed E-state index contributed by atoms with van der Waals surface area (Å²) >= 11 is 0. The van der Waals surface area contributed by atoms with Crippen molar-refractivity contribution in [1.29, 1.82) is 0 Å². The third-order valence-corrected chi connectivity index (χ3v) is 3.47. The Morgan fingerprint density at radius 2 is 2.18 bits per heavy atom. The standard InChI is InChI=1S/C13H16N2O2/c14-11-4-3-9-7-15(8-10(9)6-11)13(16)12-2-1-5-17-12/h3-4,6,12H,1-2,5,7-8,14H2. The second-order valence-electron chi connectivity index (χ2n) is 4.72. The summed E-state index contributed by atoms with van der Waals surface area (Å²) in [6.45, 7) is 2.07. The van der Waals surface area contributed by atoms with Crippen LogP contribution in [-0.4, -0.2) is 23.5 Å². The molecule has 0 saturated carbocycles. The van der Waals surface area contributed by atoms with Gasteiger partial charge in [-0.1, -0.05) is 6.07 Å². The summed E-state index contributed by atoms with van der Waals surface area (Å²) in [5.74, 6) is 0.122. The number of ether oxygens (including phenoxy) is 1. The molecule has 1 unspecified atom stereocenters. The highest BCUT2D eigenvalue weighted by atomic mass is 16.5. The molecule has 0 spiro atoms. The van der Waals surface area contributed by atoms with Crippen molar-refractivity contribution in [1.82, 2.24) is 4.90 Å². The zero-order chi connectivity index (χ0) is 11.8. The van der Waals surface area contributed by atoms with Crippen LogP contribution in [0.4, 0.5) is 5.69 Å². The summed E-state index contributed by atoms with van der Waals surface area (Å²) in [4.78, 5) is 14.0. The Balaban J connectivity index is 1.75. The van der Waals surface area contributed by atoms with Crippen molar-refractivity contribution in [2.24, 2.45) is 0 Å². The number of benzene rings is 1. The highest BCUT2D eigenvalue weighted by Gasteiger charge is 2.31. The van der Waals surface area contributed by atoms with Gasteiger partial charge in [0.15, 0.2) is 0 Å². The van der Waals surface area contributed by atoms with Crippen molar-refractivity contribution >= 4 is 11.6 Å². The maximum absolute atomic E-state index is 12.2. The van der Waals surface area contributed by atoms with Gasteiger partial charge in [-0.15, -0.1) is 0 Å². The van der Waals surface area contributed by atoms with E-state index in [1.807, 2.05) is 23.1 Å². The molecule has 2 aliphatic heterocycles. The van der Waals surface area contributed by atoms with Crippen molar-refractivity contribution in [3.8, 4) is 0 Å². The molecule has 3 rings (SSSR count). The van der Waals surface area contributed by atoms with E-state index in [4.69, 9.17) is 10.5 Å². The lowest BCUT2D eigenvalue weighted by atomic mass is 10.1. The van der Waals surface area contributed by atoms with Gasteiger partial charge in [-0.05, 0) is 36.1 Å². The first-order valence-electron chi connectivity index (χ1n) is 6.02. The van der Waals surface area contributed by atoms with E-state index in [1.54, 1.807) is 0 Å². The smallest absolute Gasteiger partial charge is 0.252 e. The minimum Gasteiger partial charge on any atom is -0.399 e. The van der Waals surface area contributed by atoms with E-state index >= 15 is 0 Å². The van der Waals surface area contributed by atoms with E-state index in [1.165, 1.54) is 5.56 Å². The van der Waals surface area contributed by atoms with Gasteiger partial charge in [-0.25, -0.2) is 0 Å². The van der Waals surface area contributed by atoms with Gasteiger partial charge in [-0.3, -0.25) is 4.79 Å². The fourth-order valence-corrected chi connectivity index (χ4v) is 2.55. The lowest BCUT2D eigenvalue weighted by Crippen LogP contribution is -2.35. The van der Waals surface area contributed by atoms with E-state index in [9.17, 15) is 4.79 Å². The number of nitrogen functional groups attached to an aromatic ring is 1. The molecular formula is C13H16N2O2. The van der Waals surface area contributed by atoms with Crippen LogP contribution in [-0.2, 0) is 22.6 Å². The van der Waals surface area contributed by atoms with Crippen molar-refractivity contribution in [3.63, 3.8) is 0 Å². The minimum absolute atomic E-state index is 0.122. The minimum atomic E-state index is -0.221. The van der Waals surface area contributed by atoms with E-state index in [0.29, 0.717) is 19.7 Å². The van der Waals surface area contributed by atoms with Gasteiger partial charge in [-0.2, -0.15) is 0 Å².